The van der Waals surface area contributed by atoms with Crippen molar-refractivity contribution in [1.82, 2.24) is 10.6 Å². The lowest BCUT2D eigenvalue weighted by molar-refractivity contribution is 0.0909. The quantitative estimate of drug-likeness (QED) is 0.276. The number of fused-ring (bicyclic) bond motifs is 1. The minimum atomic E-state index is -0.986. The molecule has 0 aliphatic heterocycles. The number of amides is 2. The average Bonchev–Trinajstić information content (AvgIpc) is 2.84. The number of nitroso groups, excluding NO2 is 1. The van der Waals surface area contributed by atoms with Crippen LogP contribution in [0.15, 0.2) is 59.8 Å². The van der Waals surface area contributed by atoms with E-state index in [4.69, 9.17) is 0 Å². The van der Waals surface area contributed by atoms with Gasteiger partial charge in [0.15, 0.2) is 0 Å². The van der Waals surface area contributed by atoms with Gasteiger partial charge in [0.2, 0.25) is 0 Å². The molecular weight excluding hydrogens is 510 g/mol. The highest BCUT2D eigenvalue weighted by atomic mass is 16.3. The molecule has 1 atom stereocenters. The maximum atomic E-state index is 13.5. The SMILES string of the molecule is CC(CCc1ccc(C(C)(C)C)cc1C(=O)NC(C)(C)C)(Cc1ccc2ccccc2c1C(=O)NC(C)(C)C)N=O. The average molecular weight is 558 g/mol. The molecule has 3 aromatic carbocycles. The predicted molar refractivity (Wildman–Crippen MR) is 170 cm³/mol. The molecule has 0 aliphatic carbocycles. The first-order valence-corrected chi connectivity index (χ1v) is 14.5. The van der Waals surface area contributed by atoms with Gasteiger partial charge >= 0.3 is 0 Å². The highest BCUT2D eigenvalue weighted by Gasteiger charge is 2.31. The Morgan fingerprint density at radius 3 is 1.90 bits per heavy atom. The summed E-state index contributed by atoms with van der Waals surface area (Å²) in [6, 6.07) is 17.8. The molecular formula is C35H47N3O3. The summed E-state index contributed by atoms with van der Waals surface area (Å²) >= 11 is 0. The molecule has 0 spiro atoms. The predicted octanol–water partition coefficient (Wildman–Crippen LogP) is 7.89. The molecule has 0 saturated carbocycles. The maximum Gasteiger partial charge on any atom is 0.252 e. The van der Waals surface area contributed by atoms with Gasteiger partial charge in [-0.15, -0.1) is 0 Å². The summed E-state index contributed by atoms with van der Waals surface area (Å²) in [6.07, 6.45) is 1.23. The van der Waals surface area contributed by atoms with E-state index in [1.165, 1.54) is 0 Å². The first kappa shape index (κ1) is 32.0. The summed E-state index contributed by atoms with van der Waals surface area (Å²) in [5.41, 5.74) is 2.02. The van der Waals surface area contributed by atoms with Crippen molar-refractivity contribution in [2.24, 2.45) is 5.18 Å². The van der Waals surface area contributed by atoms with Gasteiger partial charge in [-0.1, -0.05) is 74.5 Å². The summed E-state index contributed by atoms with van der Waals surface area (Å²) in [7, 11) is 0. The van der Waals surface area contributed by atoms with Crippen LogP contribution in [0.3, 0.4) is 0 Å². The van der Waals surface area contributed by atoms with E-state index in [1.54, 1.807) is 0 Å². The minimum absolute atomic E-state index is 0.117. The van der Waals surface area contributed by atoms with E-state index in [0.29, 0.717) is 30.4 Å². The van der Waals surface area contributed by atoms with Crippen LogP contribution in [0.5, 0.6) is 0 Å². The van der Waals surface area contributed by atoms with Crippen molar-refractivity contribution in [3.05, 3.63) is 87.3 Å². The Bertz CT molecular complexity index is 1440. The van der Waals surface area contributed by atoms with Crippen LogP contribution in [-0.2, 0) is 18.3 Å². The van der Waals surface area contributed by atoms with Crippen molar-refractivity contribution >= 4 is 22.6 Å². The third-order valence-electron chi connectivity index (χ3n) is 7.16. The number of nitrogens with one attached hydrogen (secondary N) is 2. The van der Waals surface area contributed by atoms with Crippen molar-refractivity contribution in [2.75, 3.05) is 0 Å². The second-order valence-corrected chi connectivity index (χ2v) is 14.6. The standard InChI is InChI=1S/C35H47N3O3/c1-32(2,3)26-18-17-24(28(21-26)30(39)36-33(4,5)6)19-20-35(10,38-41)22-25-16-15-23-13-11-12-14-27(23)29(25)31(40)37-34(7,8)9/h11-18,21H,19-20,22H2,1-10H3,(H,36,39)(H,37,40). The summed E-state index contributed by atoms with van der Waals surface area (Å²) < 4.78 is 0. The molecule has 3 aromatic rings. The number of rotatable bonds is 8. The van der Waals surface area contributed by atoms with Gasteiger partial charge in [-0.2, -0.15) is 4.91 Å². The van der Waals surface area contributed by atoms with Crippen LogP contribution in [0, 0.1) is 4.91 Å². The third kappa shape index (κ3) is 8.48. The Hall–Kier alpha value is -3.54. The third-order valence-corrected chi connectivity index (χ3v) is 7.16. The van der Waals surface area contributed by atoms with Crippen molar-refractivity contribution in [2.45, 2.75) is 111 Å². The normalized spacial score (nSPS) is 13.9. The molecule has 0 bridgehead atoms. The van der Waals surface area contributed by atoms with E-state index in [-0.39, 0.29) is 22.8 Å². The monoisotopic (exact) mass is 557 g/mol. The van der Waals surface area contributed by atoms with Gasteiger partial charge in [-0.25, -0.2) is 0 Å². The van der Waals surface area contributed by atoms with Crippen LogP contribution in [0.4, 0.5) is 0 Å². The largest absolute Gasteiger partial charge is 0.347 e. The fourth-order valence-corrected chi connectivity index (χ4v) is 5.00. The fraction of sp³-hybridized carbons (Fsp3) is 0.486. The number of hydrogen-bond donors (Lipinski definition) is 2. The smallest absolute Gasteiger partial charge is 0.252 e. The molecule has 220 valence electrons. The molecule has 0 aromatic heterocycles. The van der Waals surface area contributed by atoms with Gasteiger partial charge in [0.05, 0.1) is 5.56 Å². The number of carbonyl (C=O) groups excluding carboxylic acids is 2. The lowest BCUT2D eigenvalue weighted by Crippen LogP contribution is -2.41. The Morgan fingerprint density at radius 1 is 0.732 bits per heavy atom. The molecule has 0 fully saturated rings. The number of hydrogen-bond acceptors (Lipinski definition) is 4. The number of carbonyl (C=O) groups is 2. The van der Waals surface area contributed by atoms with Crippen molar-refractivity contribution in [1.29, 1.82) is 0 Å². The van der Waals surface area contributed by atoms with E-state index in [2.05, 4.69) is 42.6 Å². The van der Waals surface area contributed by atoms with Crippen LogP contribution in [0.1, 0.15) is 113 Å². The van der Waals surface area contributed by atoms with Gasteiger partial charge in [-0.05, 0) is 100 Å². The molecule has 41 heavy (non-hydrogen) atoms. The van der Waals surface area contributed by atoms with Crippen LogP contribution in [-0.4, -0.2) is 28.4 Å². The molecule has 0 radical (unpaired) electrons. The molecule has 2 N–H and O–H groups in total. The van der Waals surface area contributed by atoms with Gasteiger partial charge in [0.25, 0.3) is 11.8 Å². The van der Waals surface area contributed by atoms with Crippen LogP contribution in [0.25, 0.3) is 10.8 Å². The molecule has 0 heterocycles. The zero-order valence-corrected chi connectivity index (χ0v) is 26.5. The zero-order chi connectivity index (χ0) is 30.8. The second kappa shape index (κ2) is 11.8. The van der Waals surface area contributed by atoms with Gasteiger partial charge in [0.1, 0.15) is 5.54 Å². The molecule has 2 amide bonds. The van der Waals surface area contributed by atoms with Gasteiger partial charge in [-0.3, -0.25) is 9.59 Å². The summed E-state index contributed by atoms with van der Waals surface area (Å²) in [6.45, 7) is 19.9. The number of nitrogens with zero attached hydrogens (tertiary/aromatic N) is 1. The minimum Gasteiger partial charge on any atom is -0.347 e. The lowest BCUT2D eigenvalue weighted by Gasteiger charge is -2.27. The highest BCUT2D eigenvalue weighted by Crippen LogP contribution is 2.31. The van der Waals surface area contributed by atoms with Gasteiger partial charge in [0, 0.05) is 23.1 Å². The first-order valence-electron chi connectivity index (χ1n) is 14.5. The molecule has 6 nitrogen and oxygen atoms in total. The molecule has 6 heteroatoms. The van der Waals surface area contributed by atoms with Crippen LogP contribution in [0.2, 0.25) is 0 Å². The van der Waals surface area contributed by atoms with E-state index in [0.717, 1.165) is 27.5 Å². The molecule has 3 rings (SSSR count). The Balaban J connectivity index is 1.98. The van der Waals surface area contributed by atoms with E-state index in [9.17, 15) is 14.5 Å². The number of benzene rings is 3. The maximum absolute atomic E-state index is 13.5. The van der Waals surface area contributed by atoms with Gasteiger partial charge < -0.3 is 10.6 Å². The summed E-state index contributed by atoms with van der Waals surface area (Å²) in [5, 5.41) is 11.6. The van der Waals surface area contributed by atoms with E-state index < -0.39 is 11.1 Å². The van der Waals surface area contributed by atoms with E-state index >= 15 is 0 Å². The first-order chi connectivity index (χ1) is 18.8. The van der Waals surface area contributed by atoms with Crippen molar-refractivity contribution in [3.63, 3.8) is 0 Å². The molecule has 0 aliphatic rings. The van der Waals surface area contributed by atoms with Crippen LogP contribution >= 0.6 is 0 Å². The second-order valence-electron chi connectivity index (χ2n) is 14.6. The fourth-order valence-electron chi connectivity index (χ4n) is 5.00. The Kier molecular flexibility index (Phi) is 9.17. The Morgan fingerprint density at radius 2 is 1.32 bits per heavy atom. The lowest BCUT2D eigenvalue weighted by atomic mass is 9.82. The van der Waals surface area contributed by atoms with Crippen molar-refractivity contribution in [3.8, 4) is 0 Å². The zero-order valence-electron chi connectivity index (χ0n) is 26.5. The summed E-state index contributed by atoms with van der Waals surface area (Å²) in [5.74, 6) is -0.300. The highest BCUT2D eigenvalue weighted by molar-refractivity contribution is 6.08. The van der Waals surface area contributed by atoms with Crippen LogP contribution < -0.4 is 10.6 Å². The van der Waals surface area contributed by atoms with Crippen molar-refractivity contribution < 1.29 is 9.59 Å². The topological polar surface area (TPSA) is 87.6 Å². The van der Waals surface area contributed by atoms with E-state index in [1.807, 2.05) is 97.0 Å². The Labute approximate surface area is 245 Å². The summed E-state index contributed by atoms with van der Waals surface area (Å²) in [4.78, 5) is 39.3. The molecule has 0 saturated heterocycles. The number of aryl methyl sites for hydroxylation is 1. The molecule has 1 unspecified atom stereocenters.